The Morgan fingerprint density at radius 2 is 1.71 bits per heavy atom. The summed E-state index contributed by atoms with van der Waals surface area (Å²) in [4.78, 5) is 25.7. The molecule has 1 aromatic carbocycles. The van der Waals surface area contributed by atoms with Gasteiger partial charge < -0.3 is 10.2 Å². The third-order valence-corrected chi connectivity index (χ3v) is 5.11. The Morgan fingerprint density at radius 3 is 2.29 bits per heavy atom. The van der Waals surface area contributed by atoms with Crippen LogP contribution in [0.4, 0.5) is 11.6 Å². The van der Waals surface area contributed by atoms with Gasteiger partial charge in [-0.15, -0.1) is 0 Å². The van der Waals surface area contributed by atoms with Crippen LogP contribution in [0.1, 0.15) is 44.2 Å². The molecule has 0 bridgehead atoms. The van der Waals surface area contributed by atoms with Crippen LogP contribution in [-0.4, -0.2) is 53.5 Å². The lowest BCUT2D eigenvalue weighted by Gasteiger charge is -2.34. The van der Waals surface area contributed by atoms with Crippen LogP contribution >= 0.6 is 0 Å². The zero-order valence-corrected chi connectivity index (χ0v) is 17.2. The highest BCUT2D eigenvalue weighted by molar-refractivity contribution is 5.92. The molecule has 1 amide bonds. The molecule has 1 aliphatic rings. The number of benzene rings is 1. The van der Waals surface area contributed by atoms with Crippen molar-refractivity contribution in [3.8, 4) is 0 Å². The van der Waals surface area contributed by atoms with Gasteiger partial charge in [0, 0.05) is 44.3 Å². The normalized spacial score (nSPS) is 15.1. The van der Waals surface area contributed by atoms with Gasteiger partial charge >= 0.3 is 0 Å². The minimum absolute atomic E-state index is 0.0333. The fraction of sp³-hybridized carbons (Fsp3) is 0.500. The molecule has 2 heterocycles. The molecule has 0 spiro atoms. The first-order valence-electron chi connectivity index (χ1n) is 10.2. The number of amides is 1. The molecule has 28 heavy (non-hydrogen) atoms. The average molecular weight is 382 g/mol. The van der Waals surface area contributed by atoms with Crippen LogP contribution in [0.5, 0.6) is 0 Å². The number of piperazine rings is 1. The van der Waals surface area contributed by atoms with E-state index in [0.717, 1.165) is 50.7 Å². The summed E-state index contributed by atoms with van der Waals surface area (Å²) in [6, 6.07) is 8.10. The van der Waals surface area contributed by atoms with Gasteiger partial charge in [0.1, 0.15) is 0 Å². The van der Waals surface area contributed by atoms with Crippen LogP contribution in [0.25, 0.3) is 0 Å². The molecule has 0 radical (unpaired) electrons. The van der Waals surface area contributed by atoms with Gasteiger partial charge in [0.2, 0.25) is 11.9 Å². The van der Waals surface area contributed by atoms with E-state index in [1.54, 1.807) is 0 Å². The topological polar surface area (TPSA) is 61.4 Å². The SMILES string of the molecule is CCCc1cnc(N2CCN(CC(=O)Nc3ccc(C(C)C)cc3)CC2)nc1. The van der Waals surface area contributed by atoms with E-state index in [4.69, 9.17) is 0 Å². The largest absolute Gasteiger partial charge is 0.338 e. The van der Waals surface area contributed by atoms with Gasteiger partial charge in [-0.3, -0.25) is 9.69 Å². The number of nitrogens with zero attached hydrogens (tertiary/aromatic N) is 4. The summed E-state index contributed by atoms with van der Waals surface area (Å²) in [5.41, 5.74) is 3.32. The number of hydrogen-bond donors (Lipinski definition) is 1. The van der Waals surface area contributed by atoms with Crippen LogP contribution < -0.4 is 10.2 Å². The van der Waals surface area contributed by atoms with E-state index in [9.17, 15) is 4.79 Å². The maximum Gasteiger partial charge on any atom is 0.238 e. The number of nitrogens with one attached hydrogen (secondary N) is 1. The molecule has 6 heteroatoms. The highest BCUT2D eigenvalue weighted by Crippen LogP contribution is 2.17. The van der Waals surface area contributed by atoms with Gasteiger partial charge in [-0.05, 0) is 35.6 Å². The second-order valence-electron chi connectivity index (χ2n) is 7.73. The monoisotopic (exact) mass is 381 g/mol. The first kappa shape index (κ1) is 20.3. The molecule has 150 valence electrons. The third kappa shape index (κ3) is 5.52. The Labute approximate surface area is 168 Å². The van der Waals surface area contributed by atoms with Crippen molar-refractivity contribution >= 4 is 17.5 Å². The van der Waals surface area contributed by atoms with Gasteiger partial charge in [0.15, 0.2) is 0 Å². The fourth-order valence-electron chi connectivity index (χ4n) is 3.39. The summed E-state index contributed by atoms with van der Waals surface area (Å²) < 4.78 is 0. The molecule has 0 saturated carbocycles. The Bertz CT molecular complexity index is 750. The second-order valence-corrected chi connectivity index (χ2v) is 7.73. The Kier molecular flexibility index (Phi) is 6.98. The molecule has 1 saturated heterocycles. The Balaban J connectivity index is 1.45. The van der Waals surface area contributed by atoms with Gasteiger partial charge in [-0.25, -0.2) is 9.97 Å². The van der Waals surface area contributed by atoms with Crippen molar-refractivity contribution in [2.24, 2.45) is 0 Å². The van der Waals surface area contributed by atoms with E-state index in [1.165, 1.54) is 11.1 Å². The quantitative estimate of drug-likeness (QED) is 0.797. The summed E-state index contributed by atoms with van der Waals surface area (Å²) >= 11 is 0. The van der Waals surface area contributed by atoms with Gasteiger partial charge in [0.05, 0.1) is 6.54 Å². The molecule has 1 aliphatic heterocycles. The van der Waals surface area contributed by atoms with Crippen molar-refractivity contribution < 1.29 is 4.79 Å². The molecule has 2 aromatic rings. The van der Waals surface area contributed by atoms with E-state index < -0.39 is 0 Å². The number of rotatable bonds is 7. The maximum absolute atomic E-state index is 12.4. The summed E-state index contributed by atoms with van der Waals surface area (Å²) in [6.07, 6.45) is 5.97. The Hall–Kier alpha value is -2.47. The summed E-state index contributed by atoms with van der Waals surface area (Å²) in [7, 11) is 0. The van der Waals surface area contributed by atoms with E-state index in [-0.39, 0.29) is 5.91 Å². The minimum Gasteiger partial charge on any atom is -0.338 e. The lowest BCUT2D eigenvalue weighted by atomic mass is 10.0. The number of aryl methyl sites for hydroxylation is 1. The molecule has 1 aromatic heterocycles. The van der Waals surface area contributed by atoms with Crippen molar-refractivity contribution in [3.63, 3.8) is 0 Å². The third-order valence-electron chi connectivity index (χ3n) is 5.11. The van der Waals surface area contributed by atoms with Gasteiger partial charge in [0.25, 0.3) is 0 Å². The molecular weight excluding hydrogens is 350 g/mol. The molecule has 6 nitrogen and oxygen atoms in total. The molecule has 3 rings (SSSR count). The zero-order chi connectivity index (χ0) is 19.9. The van der Waals surface area contributed by atoms with Crippen LogP contribution in [0.15, 0.2) is 36.7 Å². The second kappa shape index (κ2) is 9.64. The number of hydrogen-bond acceptors (Lipinski definition) is 5. The standard InChI is InChI=1S/C22H31N5O/c1-4-5-18-14-23-22(24-15-18)27-12-10-26(11-13-27)16-21(28)25-20-8-6-19(7-9-20)17(2)3/h6-9,14-15,17H,4-5,10-13,16H2,1-3H3,(H,25,28). The summed E-state index contributed by atoms with van der Waals surface area (Å²) in [6.45, 7) is 10.2. The van der Waals surface area contributed by atoms with E-state index in [2.05, 4.69) is 58.0 Å². The smallest absolute Gasteiger partial charge is 0.238 e. The number of carbonyl (C=O) groups excluding carboxylic acids is 1. The lowest BCUT2D eigenvalue weighted by Crippen LogP contribution is -2.49. The Morgan fingerprint density at radius 1 is 1.07 bits per heavy atom. The highest BCUT2D eigenvalue weighted by atomic mass is 16.2. The first-order valence-corrected chi connectivity index (χ1v) is 10.2. The van der Waals surface area contributed by atoms with Crippen LogP contribution in [0.2, 0.25) is 0 Å². The predicted octanol–water partition coefficient (Wildman–Crippen LogP) is 3.31. The van der Waals surface area contributed by atoms with Gasteiger partial charge in [-0.1, -0.05) is 39.3 Å². The predicted molar refractivity (Wildman–Crippen MR) is 114 cm³/mol. The zero-order valence-electron chi connectivity index (χ0n) is 17.2. The molecule has 1 fully saturated rings. The molecule has 0 aliphatic carbocycles. The van der Waals surface area contributed by atoms with Crippen LogP contribution in [0, 0.1) is 0 Å². The summed E-state index contributed by atoms with van der Waals surface area (Å²) in [5.74, 6) is 1.31. The number of anilines is 2. The highest BCUT2D eigenvalue weighted by Gasteiger charge is 2.20. The van der Waals surface area contributed by atoms with Crippen molar-refractivity contribution in [2.75, 3.05) is 42.9 Å². The molecule has 1 N–H and O–H groups in total. The summed E-state index contributed by atoms with van der Waals surface area (Å²) in [5, 5.41) is 3.00. The van der Waals surface area contributed by atoms with E-state index in [1.807, 2.05) is 24.5 Å². The average Bonchev–Trinajstić information content (AvgIpc) is 2.70. The minimum atomic E-state index is 0.0333. The number of aromatic nitrogens is 2. The van der Waals surface area contributed by atoms with Crippen LogP contribution in [-0.2, 0) is 11.2 Å². The lowest BCUT2D eigenvalue weighted by molar-refractivity contribution is -0.117. The maximum atomic E-state index is 12.4. The molecule has 0 atom stereocenters. The van der Waals surface area contributed by atoms with Gasteiger partial charge in [-0.2, -0.15) is 0 Å². The van der Waals surface area contributed by atoms with Crippen molar-refractivity contribution in [3.05, 3.63) is 47.8 Å². The molecule has 0 unspecified atom stereocenters. The van der Waals surface area contributed by atoms with E-state index in [0.29, 0.717) is 12.5 Å². The van der Waals surface area contributed by atoms with Crippen molar-refractivity contribution in [1.29, 1.82) is 0 Å². The first-order chi connectivity index (χ1) is 13.5. The number of carbonyl (C=O) groups is 1. The van der Waals surface area contributed by atoms with Crippen molar-refractivity contribution in [2.45, 2.75) is 39.5 Å². The fourth-order valence-corrected chi connectivity index (χ4v) is 3.39. The van der Waals surface area contributed by atoms with Crippen molar-refractivity contribution in [1.82, 2.24) is 14.9 Å². The van der Waals surface area contributed by atoms with E-state index >= 15 is 0 Å². The molecular formula is C22H31N5O. The van der Waals surface area contributed by atoms with Crippen LogP contribution in [0.3, 0.4) is 0 Å².